The molecule has 0 saturated heterocycles. The number of carbonyl (C=O) groups excluding carboxylic acids is 2. The zero-order chi connectivity index (χ0) is 13.1. The molecule has 0 aromatic carbocycles. The van der Waals surface area contributed by atoms with Gasteiger partial charge in [0.1, 0.15) is 0 Å². The van der Waals surface area contributed by atoms with Crippen LogP contribution in [0.5, 0.6) is 0 Å². The lowest BCUT2D eigenvalue weighted by molar-refractivity contribution is -0.122. The second-order valence-electron chi connectivity index (χ2n) is 4.59. The highest BCUT2D eigenvalue weighted by Gasteiger charge is 2.03. The molecule has 0 aromatic rings. The Kier molecular flexibility index (Phi) is 9.49. The topological polar surface area (TPSA) is 58.2 Å². The van der Waals surface area contributed by atoms with E-state index < -0.39 is 0 Å². The lowest BCUT2D eigenvalue weighted by Gasteiger charge is -2.07. The first-order valence-electron chi connectivity index (χ1n) is 6.62. The van der Waals surface area contributed by atoms with Gasteiger partial charge in [-0.25, -0.2) is 0 Å². The molecule has 0 aliphatic rings. The van der Waals surface area contributed by atoms with Crippen molar-refractivity contribution in [3.63, 3.8) is 0 Å². The van der Waals surface area contributed by atoms with Crippen LogP contribution in [0.3, 0.4) is 0 Å². The van der Waals surface area contributed by atoms with Gasteiger partial charge in [0.25, 0.3) is 0 Å². The van der Waals surface area contributed by atoms with E-state index in [0.717, 1.165) is 25.7 Å². The Morgan fingerprint density at radius 2 is 1.47 bits per heavy atom. The van der Waals surface area contributed by atoms with Gasteiger partial charge in [0.15, 0.2) is 0 Å². The Hall–Kier alpha value is -1.06. The molecule has 0 aliphatic carbocycles. The molecule has 0 spiro atoms. The smallest absolute Gasteiger partial charge is 0.220 e. The molecule has 0 rings (SSSR count). The van der Waals surface area contributed by atoms with E-state index in [0.29, 0.717) is 19.4 Å². The third-order valence-electron chi connectivity index (χ3n) is 2.38. The van der Waals surface area contributed by atoms with Crippen LogP contribution in [-0.2, 0) is 9.59 Å². The molecule has 0 aromatic heterocycles. The number of hydrogen-bond acceptors (Lipinski definition) is 2. The van der Waals surface area contributed by atoms with Gasteiger partial charge >= 0.3 is 0 Å². The monoisotopic (exact) mass is 242 g/mol. The minimum Gasteiger partial charge on any atom is -0.356 e. The van der Waals surface area contributed by atoms with Gasteiger partial charge in [-0.15, -0.1) is 0 Å². The summed E-state index contributed by atoms with van der Waals surface area (Å²) >= 11 is 0. The van der Waals surface area contributed by atoms with Gasteiger partial charge in [-0.2, -0.15) is 0 Å². The van der Waals surface area contributed by atoms with Crippen molar-refractivity contribution in [1.29, 1.82) is 0 Å². The highest BCUT2D eigenvalue weighted by Crippen LogP contribution is 2.05. The zero-order valence-corrected chi connectivity index (χ0v) is 11.3. The number of nitrogens with one attached hydrogen (secondary N) is 2. The van der Waals surface area contributed by atoms with E-state index in [-0.39, 0.29) is 17.9 Å². The van der Waals surface area contributed by atoms with E-state index in [1.165, 1.54) is 0 Å². The average Bonchev–Trinajstić information content (AvgIpc) is 2.22. The predicted octanol–water partition coefficient (Wildman–Crippen LogP) is 1.99. The maximum Gasteiger partial charge on any atom is 0.220 e. The molecule has 0 aliphatic heterocycles. The standard InChI is InChI=1S/C13H26N2O2/c1-4-14-12(16)9-7-5-6-8-10-13(17)15-11(2)3/h11H,4-10H2,1-3H3,(H,14,16)(H,15,17). The summed E-state index contributed by atoms with van der Waals surface area (Å²) in [6.07, 6.45) is 5.06. The fourth-order valence-corrected chi connectivity index (χ4v) is 1.60. The van der Waals surface area contributed by atoms with Gasteiger partial charge in [-0.3, -0.25) is 9.59 Å². The summed E-state index contributed by atoms with van der Waals surface area (Å²) in [5.41, 5.74) is 0. The highest BCUT2D eigenvalue weighted by atomic mass is 16.2. The third kappa shape index (κ3) is 11.2. The van der Waals surface area contributed by atoms with Crippen LogP contribution in [-0.4, -0.2) is 24.4 Å². The molecule has 2 amide bonds. The summed E-state index contributed by atoms with van der Waals surface area (Å²) in [5, 5.41) is 5.64. The predicted molar refractivity (Wildman–Crippen MR) is 69.7 cm³/mol. The first-order valence-corrected chi connectivity index (χ1v) is 6.62. The summed E-state index contributed by atoms with van der Waals surface area (Å²) in [5.74, 6) is 0.258. The Morgan fingerprint density at radius 1 is 0.941 bits per heavy atom. The van der Waals surface area contributed by atoms with Crippen LogP contribution in [0.15, 0.2) is 0 Å². The van der Waals surface area contributed by atoms with Gasteiger partial charge in [0.05, 0.1) is 0 Å². The summed E-state index contributed by atoms with van der Waals surface area (Å²) < 4.78 is 0. The lowest BCUT2D eigenvalue weighted by atomic mass is 10.1. The molecule has 0 bridgehead atoms. The number of carbonyl (C=O) groups is 2. The van der Waals surface area contributed by atoms with E-state index in [1.54, 1.807) is 0 Å². The summed E-state index contributed by atoms with van der Waals surface area (Å²) in [7, 11) is 0. The van der Waals surface area contributed by atoms with Crippen molar-refractivity contribution in [3.05, 3.63) is 0 Å². The fourth-order valence-electron chi connectivity index (χ4n) is 1.60. The molecule has 4 nitrogen and oxygen atoms in total. The maximum atomic E-state index is 11.3. The molecule has 4 heteroatoms. The Balaban J connectivity index is 3.29. The molecule has 2 N–H and O–H groups in total. The van der Waals surface area contributed by atoms with Crippen molar-refractivity contribution in [1.82, 2.24) is 10.6 Å². The summed E-state index contributed by atoms with van der Waals surface area (Å²) in [6.45, 7) is 6.55. The molecule has 0 unspecified atom stereocenters. The van der Waals surface area contributed by atoms with Crippen LogP contribution in [0.1, 0.15) is 59.3 Å². The Bertz CT molecular complexity index is 227. The van der Waals surface area contributed by atoms with Crippen molar-refractivity contribution in [3.8, 4) is 0 Å². The van der Waals surface area contributed by atoms with Crippen molar-refractivity contribution in [2.24, 2.45) is 0 Å². The Labute approximate surface area is 105 Å². The molecule has 100 valence electrons. The van der Waals surface area contributed by atoms with Crippen LogP contribution < -0.4 is 10.6 Å². The van der Waals surface area contributed by atoms with Gasteiger partial charge < -0.3 is 10.6 Å². The Morgan fingerprint density at radius 3 is 1.94 bits per heavy atom. The number of hydrogen-bond donors (Lipinski definition) is 2. The summed E-state index contributed by atoms with van der Waals surface area (Å²) in [6, 6.07) is 0.222. The molecule has 0 fully saturated rings. The lowest BCUT2D eigenvalue weighted by Crippen LogP contribution is -2.29. The molecule has 0 atom stereocenters. The normalized spacial score (nSPS) is 10.4. The van der Waals surface area contributed by atoms with Crippen LogP contribution in [0.2, 0.25) is 0 Å². The van der Waals surface area contributed by atoms with Crippen molar-refractivity contribution in [2.45, 2.75) is 65.3 Å². The number of amides is 2. The van der Waals surface area contributed by atoms with Crippen LogP contribution in [0.4, 0.5) is 0 Å². The molecular weight excluding hydrogens is 216 g/mol. The van der Waals surface area contributed by atoms with Crippen molar-refractivity contribution < 1.29 is 9.59 Å². The maximum absolute atomic E-state index is 11.3. The number of rotatable bonds is 9. The molecule has 0 saturated carbocycles. The second kappa shape index (κ2) is 10.1. The van der Waals surface area contributed by atoms with Crippen LogP contribution >= 0.6 is 0 Å². The van der Waals surface area contributed by atoms with E-state index >= 15 is 0 Å². The van der Waals surface area contributed by atoms with Crippen molar-refractivity contribution in [2.75, 3.05) is 6.54 Å². The van der Waals surface area contributed by atoms with E-state index in [4.69, 9.17) is 0 Å². The van der Waals surface area contributed by atoms with E-state index in [2.05, 4.69) is 10.6 Å². The van der Waals surface area contributed by atoms with Crippen molar-refractivity contribution >= 4 is 11.8 Å². The fraction of sp³-hybridized carbons (Fsp3) is 0.846. The van der Waals surface area contributed by atoms with E-state index in [9.17, 15) is 9.59 Å². The minimum atomic E-state index is 0.128. The molecule has 17 heavy (non-hydrogen) atoms. The van der Waals surface area contributed by atoms with Crippen LogP contribution in [0, 0.1) is 0 Å². The molecular formula is C13H26N2O2. The second-order valence-corrected chi connectivity index (χ2v) is 4.59. The number of unbranched alkanes of at least 4 members (excludes halogenated alkanes) is 3. The third-order valence-corrected chi connectivity index (χ3v) is 2.38. The zero-order valence-electron chi connectivity index (χ0n) is 11.3. The SMILES string of the molecule is CCNC(=O)CCCCCCC(=O)NC(C)C. The van der Waals surface area contributed by atoms with E-state index in [1.807, 2.05) is 20.8 Å². The quantitative estimate of drug-likeness (QED) is 0.607. The largest absolute Gasteiger partial charge is 0.356 e. The van der Waals surface area contributed by atoms with Gasteiger partial charge in [0.2, 0.25) is 11.8 Å². The van der Waals surface area contributed by atoms with Gasteiger partial charge in [-0.1, -0.05) is 12.8 Å². The van der Waals surface area contributed by atoms with Gasteiger partial charge in [0, 0.05) is 25.4 Å². The van der Waals surface area contributed by atoms with Gasteiger partial charge in [-0.05, 0) is 33.6 Å². The first kappa shape index (κ1) is 15.9. The molecule has 0 radical (unpaired) electrons. The minimum absolute atomic E-state index is 0.128. The average molecular weight is 242 g/mol. The molecule has 0 heterocycles. The highest BCUT2D eigenvalue weighted by molar-refractivity contribution is 5.76. The first-order chi connectivity index (χ1) is 8.06. The summed E-state index contributed by atoms with van der Waals surface area (Å²) in [4.78, 5) is 22.4. The van der Waals surface area contributed by atoms with Crippen LogP contribution in [0.25, 0.3) is 0 Å².